The number of rotatable bonds is 4. The molecule has 0 amide bonds. The van der Waals surface area contributed by atoms with Crippen LogP contribution in [0.1, 0.15) is 113 Å². The second-order valence-electron chi connectivity index (χ2n) is 12.9. The lowest BCUT2D eigenvalue weighted by Gasteiger charge is -2.58. The van der Waals surface area contributed by atoms with Crippen LogP contribution in [-0.4, -0.2) is 11.2 Å². The number of hydrogen-bond acceptors (Lipinski definition) is 1. The molecule has 4 rings (SSSR count). The molecule has 1 heteroatoms. The van der Waals surface area contributed by atoms with Gasteiger partial charge in [0.05, 0.1) is 6.10 Å². The second-order valence-corrected chi connectivity index (χ2v) is 12.9. The largest absolute Gasteiger partial charge is 0.393 e. The summed E-state index contributed by atoms with van der Waals surface area (Å²) in [5.74, 6) is 3.15. The number of aliphatic hydroxyl groups excluding tert-OH is 1. The summed E-state index contributed by atoms with van der Waals surface area (Å²) in [7, 11) is 0. The molecule has 7 atom stereocenters. The van der Waals surface area contributed by atoms with E-state index in [0.717, 1.165) is 24.2 Å². The first-order valence-electron chi connectivity index (χ1n) is 13.1. The number of allylic oxidation sites excluding steroid dienone is 4. The number of fused-ring (bicyclic) bond motifs is 4. The van der Waals surface area contributed by atoms with E-state index >= 15 is 0 Å². The van der Waals surface area contributed by atoms with E-state index in [1.54, 1.807) is 0 Å². The topological polar surface area (TPSA) is 20.2 Å². The van der Waals surface area contributed by atoms with Crippen molar-refractivity contribution in [3.8, 4) is 0 Å². The zero-order valence-corrected chi connectivity index (χ0v) is 21.0. The van der Waals surface area contributed by atoms with E-state index in [4.69, 9.17) is 0 Å². The van der Waals surface area contributed by atoms with Crippen molar-refractivity contribution in [3.05, 3.63) is 22.8 Å². The quantitative estimate of drug-likeness (QED) is 0.462. The Bertz CT molecular complexity index is 723. The summed E-state index contributed by atoms with van der Waals surface area (Å²) >= 11 is 0. The highest BCUT2D eigenvalue weighted by Gasteiger charge is 2.60. The van der Waals surface area contributed by atoms with Crippen molar-refractivity contribution >= 4 is 0 Å². The molecule has 30 heavy (non-hydrogen) atoms. The third kappa shape index (κ3) is 3.28. The summed E-state index contributed by atoms with van der Waals surface area (Å²) in [6.07, 6.45) is 15.3. The maximum Gasteiger partial charge on any atom is 0.0594 e. The van der Waals surface area contributed by atoms with Gasteiger partial charge in [0, 0.05) is 0 Å². The van der Waals surface area contributed by atoms with E-state index in [-0.39, 0.29) is 11.5 Å². The molecule has 0 bridgehead atoms. The molecule has 2 saturated carbocycles. The monoisotopic (exact) mass is 412 g/mol. The summed E-state index contributed by atoms with van der Waals surface area (Å²) in [4.78, 5) is 0. The Balaban J connectivity index is 1.60. The normalized spacial score (nSPS) is 43.5. The van der Waals surface area contributed by atoms with Crippen LogP contribution in [0.15, 0.2) is 22.8 Å². The van der Waals surface area contributed by atoms with Crippen LogP contribution in [0, 0.1) is 39.9 Å². The van der Waals surface area contributed by atoms with Crippen LogP contribution in [0.5, 0.6) is 0 Å². The van der Waals surface area contributed by atoms with Crippen LogP contribution in [0.3, 0.4) is 0 Å². The first-order valence-corrected chi connectivity index (χ1v) is 13.1. The van der Waals surface area contributed by atoms with Gasteiger partial charge in [0.2, 0.25) is 0 Å². The third-order valence-electron chi connectivity index (χ3n) is 11.1. The Labute approximate surface area is 186 Å². The second kappa shape index (κ2) is 7.79. The molecule has 0 unspecified atom stereocenters. The van der Waals surface area contributed by atoms with Crippen LogP contribution in [0.2, 0.25) is 0 Å². The minimum Gasteiger partial charge on any atom is -0.393 e. The van der Waals surface area contributed by atoms with Gasteiger partial charge in [-0.05, 0) is 118 Å². The van der Waals surface area contributed by atoms with Gasteiger partial charge in [-0.1, -0.05) is 57.4 Å². The Morgan fingerprint density at radius 2 is 1.77 bits per heavy atom. The summed E-state index contributed by atoms with van der Waals surface area (Å²) in [5, 5.41) is 10.7. The molecule has 170 valence electrons. The molecule has 0 aromatic rings. The van der Waals surface area contributed by atoms with Crippen molar-refractivity contribution in [1.29, 1.82) is 0 Å². The van der Waals surface area contributed by atoms with E-state index in [2.05, 4.69) is 54.5 Å². The highest BCUT2D eigenvalue weighted by atomic mass is 16.3. The van der Waals surface area contributed by atoms with Gasteiger partial charge in [0.25, 0.3) is 0 Å². The maximum atomic E-state index is 10.7. The molecule has 0 radical (unpaired) electrons. The van der Waals surface area contributed by atoms with Crippen molar-refractivity contribution in [1.82, 2.24) is 0 Å². The molecule has 0 saturated heterocycles. The Kier molecular flexibility index (Phi) is 5.87. The van der Waals surface area contributed by atoms with Gasteiger partial charge in [0.1, 0.15) is 0 Å². The van der Waals surface area contributed by atoms with E-state index in [1.807, 2.05) is 11.1 Å². The fraction of sp³-hybridized carbons (Fsp3) is 0.862. The molecular formula is C29H48O. The minimum atomic E-state index is -0.108. The average molecular weight is 413 g/mol. The van der Waals surface area contributed by atoms with Gasteiger partial charge < -0.3 is 5.11 Å². The molecule has 0 heterocycles. The standard InChI is InChI=1S/C29H48O/c1-19(2)9-8-10-20(3)23-16-18-29(7)25-13-12-24-21(11-14-26(30)27(24,4)5)22(25)15-17-28(23,29)6/h9,20-21,23-24,26,30H,8,10-18H2,1-7H3/t20-,21-,23-,24+,26+,28+,29+/m0/s1. The fourth-order valence-electron chi connectivity index (χ4n) is 8.87. The summed E-state index contributed by atoms with van der Waals surface area (Å²) in [6.45, 7) is 17.0. The Morgan fingerprint density at radius 3 is 2.47 bits per heavy atom. The molecule has 0 aromatic carbocycles. The summed E-state index contributed by atoms with van der Waals surface area (Å²) in [5.41, 5.74) is 6.21. The zero-order valence-electron chi connectivity index (χ0n) is 21.0. The Hall–Kier alpha value is -0.560. The van der Waals surface area contributed by atoms with Gasteiger partial charge in [-0.3, -0.25) is 0 Å². The van der Waals surface area contributed by atoms with E-state index < -0.39 is 0 Å². The molecule has 1 N–H and O–H groups in total. The molecule has 4 aliphatic rings. The van der Waals surface area contributed by atoms with Gasteiger partial charge in [-0.2, -0.15) is 0 Å². The van der Waals surface area contributed by atoms with Gasteiger partial charge in [-0.15, -0.1) is 0 Å². The number of hydrogen-bond donors (Lipinski definition) is 1. The van der Waals surface area contributed by atoms with Gasteiger partial charge >= 0.3 is 0 Å². The van der Waals surface area contributed by atoms with Gasteiger partial charge in [-0.25, -0.2) is 0 Å². The molecule has 0 spiro atoms. The fourth-order valence-corrected chi connectivity index (χ4v) is 8.87. The zero-order chi connectivity index (χ0) is 21.9. The van der Waals surface area contributed by atoms with Crippen LogP contribution in [-0.2, 0) is 0 Å². The molecule has 2 fully saturated rings. The summed E-state index contributed by atoms with van der Waals surface area (Å²) in [6, 6.07) is 0. The van der Waals surface area contributed by atoms with E-state index in [9.17, 15) is 5.11 Å². The highest BCUT2D eigenvalue weighted by molar-refractivity contribution is 5.36. The van der Waals surface area contributed by atoms with Gasteiger partial charge in [0.15, 0.2) is 0 Å². The highest BCUT2D eigenvalue weighted by Crippen LogP contribution is 2.70. The molecule has 0 aliphatic heterocycles. The smallest absolute Gasteiger partial charge is 0.0594 e. The summed E-state index contributed by atoms with van der Waals surface area (Å²) < 4.78 is 0. The van der Waals surface area contributed by atoms with Crippen molar-refractivity contribution in [2.45, 2.75) is 119 Å². The van der Waals surface area contributed by atoms with Crippen LogP contribution in [0.25, 0.3) is 0 Å². The van der Waals surface area contributed by atoms with E-state index in [0.29, 0.717) is 16.7 Å². The lowest BCUT2D eigenvalue weighted by molar-refractivity contribution is -0.0627. The first-order chi connectivity index (χ1) is 14.0. The molecule has 4 aliphatic carbocycles. The lowest BCUT2D eigenvalue weighted by atomic mass is 9.47. The number of aliphatic hydroxyl groups is 1. The van der Waals surface area contributed by atoms with Crippen molar-refractivity contribution < 1.29 is 5.11 Å². The third-order valence-corrected chi connectivity index (χ3v) is 11.1. The lowest BCUT2D eigenvalue weighted by Crippen LogP contribution is -2.50. The predicted octanol–water partition coefficient (Wildman–Crippen LogP) is 8.09. The molecular weight excluding hydrogens is 364 g/mol. The van der Waals surface area contributed by atoms with Crippen molar-refractivity contribution in [2.24, 2.45) is 39.9 Å². The SMILES string of the molecule is CC(C)=CCC[C@H](C)[C@@H]1CC[C@]2(C)C3=C(CC[C@]12C)[C@@H]1CC[C@@H](O)C(C)(C)[C@@H]1CC3. The van der Waals surface area contributed by atoms with Crippen molar-refractivity contribution in [2.75, 3.05) is 0 Å². The molecule has 1 nitrogen and oxygen atoms in total. The predicted molar refractivity (Wildman–Crippen MR) is 128 cm³/mol. The first kappa shape index (κ1) is 22.6. The maximum absolute atomic E-state index is 10.7. The Morgan fingerprint density at radius 1 is 1.03 bits per heavy atom. The van der Waals surface area contributed by atoms with Crippen LogP contribution in [0.4, 0.5) is 0 Å². The minimum absolute atomic E-state index is 0.0841. The average Bonchev–Trinajstić information content (AvgIpc) is 2.96. The van der Waals surface area contributed by atoms with Crippen LogP contribution < -0.4 is 0 Å². The molecule has 0 aromatic heterocycles. The van der Waals surface area contributed by atoms with Crippen LogP contribution >= 0.6 is 0 Å². The van der Waals surface area contributed by atoms with E-state index in [1.165, 1.54) is 63.4 Å². The van der Waals surface area contributed by atoms with Crippen molar-refractivity contribution in [3.63, 3.8) is 0 Å².